The predicted octanol–water partition coefficient (Wildman–Crippen LogP) is 3.14. The maximum atomic E-state index is 10.3. The normalized spacial score (nSPS) is 38.6. The molecular formula is C12H22O. The molecule has 0 aromatic carbocycles. The van der Waals surface area contributed by atoms with Gasteiger partial charge in [0.05, 0.1) is 5.60 Å². The summed E-state index contributed by atoms with van der Waals surface area (Å²) in [6, 6.07) is 0. The highest BCUT2D eigenvalue weighted by Gasteiger charge is 2.40. The Hall–Kier alpha value is -0.300. The number of rotatable bonds is 2. The molecule has 1 saturated carbocycles. The summed E-state index contributed by atoms with van der Waals surface area (Å²) in [4.78, 5) is 0. The summed E-state index contributed by atoms with van der Waals surface area (Å²) in [5, 5.41) is 10.3. The lowest BCUT2D eigenvalue weighted by Gasteiger charge is -2.44. The average Bonchev–Trinajstić information content (AvgIpc) is 1.78. The van der Waals surface area contributed by atoms with E-state index in [0.717, 1.165) is 19.3 Å². The van der Waals surface area contributed by atoms with Crippen molar-refractivity contribution in [1.29, 1.82) is 0 Å². The number of hydrogen-bond donors (Lipinski definition) is 1. The van der Waals surface area contributed by atoms with E-state index in [1.54, 1.807) is 0 Å². The largest absolute Gasteiger partial charge is 0.390 e. The van der Waals surface area contributed by atoms with Crippen molar-refractivity contribution in [2.75, 3.05) is 0 Å². The van der Waals surface area contributed by atoms with Gasteiger partial charge in [-0.05, 0) is 37.0 Å². The van der Waals surface area contributed by atoms with Crippen molar-refractivity contribution in [2.45, 2.75) is 52.1 Å². The zero-order valence-corrected chi connectivity index (χ0v) is 9.14. The Kier molecular flexibility index (Phi) is 2.86. The quantitative estimate of drug-likeness (QED) is 0.650. The van der Waals surface area contributed by atoms with Gasteiger partial charge in [-0.1, -0.05) is 26.8 Å². The van der Waals surface area contributed by atoms with Crippen LogP contribution in [-0.2, 0) is 0 Å². The van der Waals surface area contributed by atoms with E-state index in [-0.39, 0.29) is 5.41 Å². The molecule has 0 aromatic heterocycles. The summed E-state index contributed by atoms with van der Waals surface area (Å²) in [6.07, 6.45) is 5.65. The van der Waals surface area contributed by atoms with Crippen LogP contribution >= 0.6 is 0 Å². The zero-order chi connectivity index (χ0) is 10.1. The fourth-order valence-corrected chi connectivity index (χ4v) is 3.12. The van der Waals surface area contributed by atoms with Crippen molar-refractivity contribution >= 4 is 0 Å². The molecule has 0 spiro atoms. The molecule has 0 radical (unpaired) electrons. The van der Waals surface area contributed by atoms with Crippen molar-refractivity contribution in [2.24, 2.45) is 11.3 Å². The van der Waals surface area contributed by atoms with Crippen LogP contribution in [0.15, 0.2) is 12.7 Å². The van der Waals surface area contributed by atoms with E-state index in [1.165, 1.54) is 6.42 Å². The van der Waals surface area contributed by atoms with E-state index >= 15 is 0 Å². The molecule has 0 aromatic rings. The number of hydrogen-bond acceptors (Lipinski definition) is 1. The lowest BCUT2D eigenvalue weighted by molar-refractivity contribution is -0.0555. The lowest BCUT2D eigenvalue weighted by atomic mass is 9.65. The smallest absolute Gasteiger partial charge is 0.0689 e. The highest BCUT2D eigenvalue weighted by Crippen LogP contribution is 2.45. The highest BCUT2D eigenvalue weighted by molar-refractivity contribution is 4.96. The molecule has 1 aliphatic carbocycles. The second-order valence-electron chi connectivity index (χ2n) is 5.57. The van der Waals surface area contributed by atoms with Crippen LogP contribution in [-0.4, -0.2) is 10.7 Å². The van der Waals surface area contributed by atoms with Gasteiger partial charge in [0.2, 0.25) is 0 Å². The summed E-state index contributed by atoms with van der Waals surface area (Å²) in [5.74, 6) is 0.633. The van der Waals surface area contributed by atoms with E-state index in [0.29, 0.717) is 5.92 Å². The van der Waals surface area contributed by atoms with Crippen molar-refractivity contribution in [1.82, 2.24) is 0 Å². The molecule has 0 aliphatic heterocycles. The topological polar surface area (TPSA) is 20.2 Å². The van der Waals surface area contributed by atoms with Crippen LogP contribution in [0.3, 0.4) is 0 Å². The fraction of sp³-hybridized carbons (Fsp3) is 0.833. The monoisotopic (exact) mass is 182 g/mol. The predicted molar refractivity (Wildman–Crippen MR) is 56.6 cm³/mol. The molecule has 76 valence electrons. The molecule has 1 nitrogen and oxygen atoms in total. The molecule has 0 amide bonds. The molecule has 13 heavy (non-hydrogen) atoms. The van der Waals surface area contributed by atoms with Crippen LogP contribution in [0.5, 0.6) is 0 Å². The van der Waals surface area contributed by atoms with Crippen LogP contribution in [0.1, 0.15) is 46.5 Å². The third kappa shape index (κ3) is 2.84. The van der Waals surface area contributed by atoms with E-state index in [4.69, 9.17) is 0 Å². The first-order valence-electron chi connectivity index (χ1n) is 5.20. The van der Waals surface area contributed by atoms with Gasteiger partial charge in [-0.3, -0.25) is 0 Å². The molecule has 0 heterocycles. The molecule has 1 N–H and O–H groups in total. The van der Waals surface area contributed by atoms with Gasteiger partial charge in [-0.2, -0.15) is 0 Å². The van der Waals surface area contributed by atoms with Gasteiger partial charge in [0.25, 0.3) is 0 Å². The Bertz CT molecular complexity index is 195. The third-order valence-electron chi connectivity index (χ3n) is 2.96. The van der Waals surface area contributed by atoms with Crippen LogP contribution in [0.25, 0.3) is 0 Å². The van der Waals surface area contributed by atoms with Gasteiger partial charge in [0.1, 0.15) is 0 Å². The van der Waals surface area contributed by atoms with Gasteiger partial charge in [0.15, 0.2) is 0 Å². The zero-order valence-electron chi connectivity index (χ0n) is 9.14. The summed E-state index contributed by atoms with van der Waals surface area (Å²) in [6.45, 7) is 10.4. The standard InChI is InChI=1S/C12H22O/c1-5-6-12(13)8-10(2)7-11(3,4)9-12/h5,10,13H,1,6-9H2,2-4H3. The molecule has 0 saturated heterocycles. The van der Waals surface area contributed by atoms with Gasteiger partial charge >= 0.3 is 0 Å². The second-order valence-corrected chi connectivity index (χ2v) is 5.57. The molecule has 2 unspecified atom stereocenters. The van der Waals surface area contributed by atoms with Crippen molar-refractivity contribution in [3.63, 3.8) is 0 Å². The minimum atomic E-state index is -0.483. The van der Waals surface area contributed by atoms with Crippen molar-refractivity contribution in [3.8, 4) is 0 Å². The molecule has 1 heteroatoms. The molecule has 1 rings (SSSR count). The van der Waals surface area contributed by atoms with Gasteiger partial charge in [0, 0.05) is 0 Å². The van der Waals surface area contributed by atoms with Gasteiger partial charge in [-0.25, -0.2) is 0 Å². The Balaban J connectivity index is 2.71. The van der Waals surface area contributed by atoms with E-state index in [9.17, 15) is 5.11 Å². The Morgan fingerprint density at radius 2 is 2.08 bits per heavy atom. The van der Waals surface area contributed by atoms with E-state index in [1.807, 2.05) is 6.08 Å². The minimum absolute atomic E-state index is 0.287. The van der Waals surface area contributed by atoms with Gasteiger partial charge in [-0.15, -0.1) is 6.58 Å². The van der Waals surface area contributed by atoms with Crippen LogP contribution in [0.4, 0.5) is 0 Å². The maximum Gasteiger partial charge on any atom is 0.0689 e. The molecule has 1 aliphatic rings. The molecule has 1 fully saturated rings. The Morgan fingerprint density at radius 3 is 2.54 bits per heavy atom. The first-order valence-corrected chi connectivity index (χ1v) is 5.20. The summed E-state index contributed by atoms with van der Waals surface area (Å²) < 4.78 is 0. The Labute approximate surface area is 81.9 Å². The van der Waals surface area contributed by atoms with Crippen molar-refractivity contribution in [3.05, 3.63) is 12.7 Å². The Morgan fingerprint density at radius 1 is 1.46 bits per heavy atom. The molecule has 2 atom stereocenters. The third-order valence-corrected chi connectivity index (χ3v) is 2.96. The summed E-state index contributed by atoms with van der Waals surface area (Å²) >= 11 is 0. The first kappa shape index (κ1) is 10.8. The summed E-state index contributed by atoms with van der Waals surface area (Å²) in [7, 11) is 0. The maximum absolute atomic E-state index is 10.3. The van der Waals surface area contributed by atoms with E-state index in [2.05, 4.69) is 27.4 Å². The highest BCUT2D eigenvalue weighted by atomic mass is 16.3. The molecular weight excluding hydrogens is 160 g/mol. The van der Waals surface area contributed by atoms with Crippen LogP contribution in [0.2, 0.25) is 0 Å². The van der Waals surface area contributed by atoms with Crippen LogP contribution in [0, 0.1) is 11.3 Å². The first-order chi connectivity index (χ1) is 5.87. The average molecular weight is 182 g/mol. The van der Waals surface area contributed by atoms with Crippen LogP contribution < -0.4 is 0 Å². The lowest BCUT2D eigenvalue weighted by Crippen LogP contribution is -2.41. The second kappa shape index (κ2) is 3.45. The minimum Gasteiger partial charge on any atom is -0.390 e. The molecule has 0 bridgehead atoms. The van der Waals surface area contributed by atoms with E-state index < -0.39 is 5.60 Å². The number of aliphatic hydroxyl groups is 1. The van der Waals surface area contributed by atoms with Crippen molar-refractivity contribution < 1.29 is 5.11 Å². The van der Waals surface area contributed by atoms with Gasteiger partial charge < -0.3 is 5.11 Å². The fourth-order valence-electron chi connectivity index (χ4n) is 3.12. The SMILES string of the molecule is C=CCC1(O)CC(C)CC(C)(C)C1. The summed E-state index contributed by atoms with van der Waals surface area (Å²) in [5.41, 5.74) is -0.196.